The standard InChI is InChI=1S/C13H25BO3/c1-6-7-8-15-11-9-10(11)14-16-12(2,3)13(4,5)17-14/h10-11H,6-9H2,1-5H3/t10-,11+/m0/s1. The Bertz CT molecular complexity index is 262. The van der Waals surface area contributed by atoms with Crippen molar-refractivity contribution in [2.24, 2.45) is 0 Å². The van der Waals surface area contributed by atoms with E-state index in [0.29, 0.717) is 11.9 Å². The molecule has 0 bridgehead atoms. The molecule has 0 unspecified atom stereocenters. The second-order valence-corrected chi connectivity index (χ2v) is 6.29. The lowest BCUT2D eigenvalue weighted by molar-refractivity contribution is 0.00578. The zero-order valence-corrected chi connectivity index (χ0v) is 11.8. The van der Waals surface area contributed by atoms with Crippen molar-refractivity contribution in [3.8, 4) is 0 Å². The molecule has 3 nitrogen and oxygen atoms in total. The Morgan fingerprint density at radius 3 is 2.29 bits per heavy atom. The molecule has 98 valence electrons. The summed E-state index contributed by atoms with van der Waals surface area (Å²) in [6.45, 7) is 11.5. The van der Waals surface area contributed by atoms with Crippen LogP contribution in [0.4, 0.5) is 0 Å². The van der Waals surface area contributed by atoms with Crippen LogP contribution in [0, 0.1) is 0 Å². The predicted molar refractivity (Wildman–Crippen MR) is 69.1 cm³/mol. The van der Waals surface area contributed by atoms with Gasteiger partial charge in [0.05, 0.1) is 17.3 Å². The zero-order chi connectivity index (χ0) is 12.7. The molecule has 2 fully saturated rings. The van der Waals surface area contributed by atoms with Gasteiger partial charge in [-0.1, -0.05) is 13.3 Å². The van der Waals surface area contributed by atoms with E-state index in [1.54, 1.807) is 0 Å². The summed E-state index contributed by atoms with van der Waals surface area (Å²) in [5.41, 5.74) is -0.428. The molecule has 0 aromatic carbocycles. The predicted octanol–water partition coefficient (Wildman–Crippen LogP) is 3.04. The van der Waals surface area contributed by atoms with Crippen LogP contribution in [-0.2, 0) is 14.0 Å². The molecule has 4 heteroatoms. The summed E-state index contributed by atoms with van der Waals surface area (Å²) in [5, 5.41) is 0. The number of ether oxygens (including phenoxy) is 1. The maximum atomic E-state index is 6.02. The number of unbranched alkanes of at least 4 members (excludes halogenated alkanes) is 1. The number of hydrogen-bond donors (Lipinski definition) is 0. The molecular weight excluding hydrogens is 215 g/mol. The van der Waals surface area contributed by atoms with Gasteiger partial charge in [-0.15, -0.1) is 0 Å². The van der Waals surface area contributed by atoms with E-state index in [0.717, 1.165) is 19.4 Å². The smallest absolute Gasteiger partial charge is 0.403 e. The van der Waals surface area contributed by atoms with Gasteiger partial charge >= 0.3 is 7.12 Å². The van der Waals surface area contributed by atoms with E-state index in [2.05, 4.69) is 34.6 Å². The highest BCUT2D eigenvalue weighted by Crippen LogP contribution is 2.50. The highest BCUT2D eigenvalue weighted by molar-refractivity contribution is 6.49. The quantitative estimate of drug-likeness (QED) is 0.546. The van der Waals surface area contributed by atoms with Crippen molar-refractivity contribution in [1.29, 1.82) is 0 Å². The fourth-order valence-electron chi connectivity index (χ4n) is 2.11. The molecule has 0 amide bonds. The maximum absolute atomic E-state index is 6.02. The summed E-state index contributed by atoms with van der Waals surface area (Å²) in [6.07, 6.45) is 3.78. The maximum Gasteiger partial charge on any atom is 0.463 e. The first-order valence-electron chi connectivity index (χ1n) is 6.84. The molecule has 1 aliphatic heterocycles. The van der Waals surface area contributed by atoms with Gasteiger partial charge in [0.25, 0.3) is 0 Å². The van der Waals surface area contributed by atoms with Crippen molar-refractivity contribution in [3.05, 3.63) is 0 Å². The summed E-state index contributed by atoms with van der Waals surface area (Å²) in [7, 11) is -0.0772. The van der Waals surface area contributed by atoms with Crippen molar-refractivity contribution in [2.75, 3.05) is 6.61 Å². The summed E-state index contributed by atoms with van der Waals surface area (Å²) in [4.78, 5) is 0. The molecule has 0 aromatic rings. The van der Waals surface area contributed by atoms with Crippen molar-refractivity contribution in [3.63, 3.8) is 0 Å². The van der Waals surface area contributed by atoms with Gasteiger partial charge in [-0.2, -0.15) is 0 Å². The van der Waals surface area contributed by atoms with Crippen LogP contribution in [0.25, 0.3) is 0 Å². The zero-order valence-electron chi connectivity index (χ0n) is 11.8. The molecule has 1 saturated heterocycles. The van der Waals surface area contributed by atoms with E-state index < -0.39 is 0 Å². The molecular formula is C13H25BO3. The van der Waals surface area contributed by atoms with Crippen LogP contribution < -0.4 is 0 Å². The molecule has 1 saturated carbocycles. The molecule has 17 heavy (non-hydrogen) atoms. The SMILES string of the molecule is CCCCO[C@@H]1C[C@@H]1B1OC(C)(C)C(C)(C)O1. The van der Waals surface area contributed by atoms with Crippen molar-refractivity contribution < 1.29 is 14.0 Å². The highest BCUT2D eigenvalue weighted by atomic mass is 16.7. The molecule has 0 aromatic heterocycles. The lowest BCUT2D eigenvalue weighted by Crippen LogP contribution is -2.41. The van der Waals surface area contributed by atoms with E-state index in [-0.39, 0.29) is 18.3 Å². The topological polar surface area (TPSA) is 27.7 Å². The Hall–Kier alpha value is -0.0551. The van der Waals surface area contributed by atoms with E-state index in [1.165, 1.54) is 6.42 Å². The van der Waals surface area contributed by atoms with Crippen molar-refractivity contribution >= 4 is 7.12 Å². The number of rotatable bonds is 5. The molecule has 1 aliphatic carbocycles. The van der Waals surface area contributed by atoms with Gasteiger partial charge in [0.2, 0.25) is 0 Å². The van der Waals surface area contributed by atoms with Crippen LogP contribution >= 0.6 is 0 Å². The van der Waals surface area contributed by atoms with E-state index in [4.69, 9.17) is 14.0 Å². The average molecular weight is 240 g/mol. The first-order valence-corrected chi connectivity index (χ1v) is 6.84. The fourth-order valence-corrected chi connectivity index (χ4v) is 2.11. The van der Waals surface area contributed by atoms with Gasteiger partial charge in [-0.25, -0.2) is 0 Å². The monoisotopic (exact) mass is 240 g/mol. The summed E-state index contributed by atoms with van der Waals surface area (Å²) >= 11 is 0. The molecule has 1 heterocycles. The van der Waals surface area contributed by atoms with E-state index >= 15 is 0 Å². The van der Waals surface area contributed by atoms with E-state index in [1.807, 2.05) is 0 Å². The van der Waals surface area contributed by atoms with Gasteiger partial charge in [0.15, 0.2) is 0 Å². The third-order valence-electron chi connectivity index (χ3n) is 4.23. The lowest BCUT2D eigenvalue weighted by atomic mass is 9.82. The third kappa shape index (κ3) is 2.69. The highest BCUT2D eigenvalue weighted by Gasteiger charge is 2.60. The Morgan fingerprint density at radius 1 is 1.18 bits per heavy atom. The number of hydrogen-bond acceptors (Lipinski definition) is 3. The van der Waals surface area contributed by atoms with Crippen LogP contribution in [0.15, 0.2) is 0 Å². The van der Waals surface area contributed by atoms with Crippen LogP contribution in [0.1, 0.15) is 53.9 Å². The minimum atomic E-state index is -0.214. The normalized spacial score (nSPS) is 34.1. The van der Waals surface area contributed by atoms with Crippen LogP contribution in [0.5, 0.6) is 0 Å². The minimum absolute atomic E-state index is 0.0772. The summed E-state index contributed by atoms with van der Waals surface area (Å²) < 4.78 is 17.8. The lowest BCUT2D eigenvalue weighted by Gasteiger charge is -2.32. The Kier molecular flexibility index (Phi) is 3.59. The minimum Gasteiger partial charge on any atom is -0.403 e. The molecule has 2 rings (SSSR count). The second-order valence-electron chi connectivity index (χ2n) is 6.29. The molecule has 2 atom stereocenters. The molecule has 0 radical (unpaired) electrons. The molecule has 0 spiro atoms. The van der Waals surface area contributed by atoms with Crippen LogP contribution in [0.2, 0.25) is 5.82 Å². The molecule has 2 aliphatic rings. The third-order valence-corrected chi connectivity index (χ3v) is 4.23. The van der Waals surface area contributed by atoms with Gasteiger partial charge < -0.3 is 14.0 Å². The first-order chi connectivity index (χ1) is 7.87. The van der Waals surface area contributed by atoms with Gasteiger partial charge in [-0.3, -0.25) is 0 Å². The second kappa shape index (κ2) is 4.56. The van der Waals surface area contributed by atoms with Crippen molar-refractivity contribution in [1.82, 2.24) is 0 Å². The Labute approximate surface area is 105 Å². The van der Waals surface area contributed by atoms with Crippen molar-refractivity contribution in [2.45, 2.75) is 77.0 Å². The first kappa shape index (κ1) is 13.4. The Morgan fingerprint density at radius 2 is 1.76 bits per heavy atom. The van der Waals surface area contributed by atoms with Gasteiger partial charge in [0, 0.05) is 12.4 Å². The van der Waals surface area contributed by atoms with Gasteiger partial charge in [-0.05, 0) is 40.5 Å². The summed E-state index contributed by atoms with van der Waals surface area (Å²) in [5.74, 6) is 0.438. The largest absolute Gasteiger partial charge is 0.463 e. The van der Waals surface area contributed by atoms with Crippen LogP contribution in [0.3, 0.4) is 0 Å². The molecule has 0 N–H and O–H groups in total. The fraction of sp³-hybridized carbons (Fsp3) is 1.00. The van der Waals surface area contributed by atoms with Crippen LogP contribution in [-0.4, -0.2) is 31.0 Å². The Balaban J connectivity index is 1.79. The average Bonchev–Trinajstić information content (AvgIpc) is 2.91. The van der Waals surface area contributed by atoms with Gasteiger partial charge in [0.1, 0.15) is 0 Å². The summed E-state index contributed by atoms with van der Waals surface area (Å²) in [6, 6.07) is 0. The van der Waals surface area contributed by atoms with E-state index in [9.17, 15) is 0 Å².